The maximum atomic E-state index is 13.2. The molecule has 0 aromatic heterocycles. The van der Waals surface area contributed by atoms with E-state index in [1.165, 1.54) is 17.1 Å². The highest BCUT2D eigenvalue weighted by Gasteiger charge is 2.37. The molecular weight excluding hydrogens is 418 g/mol. The molecule has 3 aromatic carbocycles. The van der Waals surface area contributed by atoms with Crippen LogP contribution in [0.5, 0.6) is 5.75 Å². The number of methoxy groups -OCH3 is 1. The molecule has 1 aliphatic heterocycles. The molecule has 4 rings (SSSR count). The number of amidine groups is 1. The van der Waals surface area contributed by atoms with E-state index in [1.54, 1.807) is 18.2 Å². The van der Waals surface area contributed by atoms with Gasteiger partial charge >= 0.3 is 0 Å². The minimum Gasteiger partial charge on any atom is -0.496 e. The monoisotopic (exact) mass is 445 g/mol. The highest BCUT2D eigenvalue weighted by molar-refractivity contribution is 8.15. The molecule has 1 aliphatic rings. The van der Waals surface area contributed by atoms with Crippen LogP contribution in [0.3, 0.4) is 0 Å². The van der Waals surface area contributed by atoms with Gasteiger partial charge in [-0.25, -0.2) is 0 Å². The Labute approximate surface area is 193 Å². The number of benzene rings is 3. The number of hydrogen-bond donors (Lipinski definition) is 0. The van der Waals surface area contributed by atoms with Crippen LogP contribution in [-0.2, 0) is 11.3 Å². The Hall–Kier alpha value is -3.12. The quantitative estimate of drug-likeness (QED) is 0.322. The molecule has 0 unspecified atom stereocenters. The molecule has 6 heteroatoms. The Bertz CT molecular complexity index is 1150. The van der Waals surface area contributed by atoms with Crippen LogP contribution < -0.4 is 4.74 Å². The SMILES string of the molecule is CCCC[C@@H]1S/C(=N/N=C\c2ccccc2OC)N(Cc2cccc3ccccc23)C1=O. The zero-order chi connectivity index (χ0) is 22.3. The van der Waals surface area contributed by atoms with E-state index in [-0.39, 0.29) is 11.2 Å². The molecule has 1 fully saturated rings. The minimum atomic E-state index is -0.106. The lowest BCUT2D eigenvalue weighted by Crippen LogP contribution is -2.31. The number of fused-ring (bicyclic) bond motifs is 1. The van der Waals surface area contributed by atoms with Crippen molar-refractivity contribution in [3.63, 3.8) is 0 Å². The van der Waals surface area contributed by atoms with Crippen LogP contribution in [0.2, 0.25) is 0 Å². The molecule has 1 amide bonds. The summed E-state index contributed by atoms with van der Waals surface area (Å²) in [6.45, 7) is 2.63. The van der Waals surface area contributed by atoms with Crippen molar-refractivity contribution in [1.82, 2.24) is 4.90 Å². The van der Waals surface area contributed by atoms with E-state index in [0.717, 1.165) is 41.5 Å². The van der Waals surface area contributed by atoms with E-state index in [4.69, 9.17) is 4.74 Å². The summed E-state index contributed by atoms with van der Waals surface area (Å²) in [5, 5.41) is 11.6. The molecule has 1 heterocycles. The van der Waals surface area contributed by atoms with Crippen molar-refractivity contribution >= 4 is 39.8 Å². The van der Waals surface area contributed by atoms with Gasteiger partial charge in [0.15, 0.2) is 5.17 Å². The number of ether oxygens (including phenoxy) is 1. The number of amides is 1. The average Bonchev–Trinajstić information content (AvgIpc) is 3.12. The van der Waals surface area contributed by atoms with Gasteiger partial charge in [0.2, 0.25) is 5.91 Å². The second-order valence-corrected chi connectivity index (χ2v) is 8.85. The van der Waals surface area contributed by atoms with Gasteiger partial charge in [-0.05, 0) is 34.9 Å². The first-order chi connectivity index (χ1) is 15.7. The Kier molecular flexibility index (Phi) is 7.22. The van der Waals surface area contributed by atoms with Gasteiger partial charge < -0.3 is 4.74 Å². The third-order valence-electron chi connectivity index (χ3n) is 5.53. The van der Waals surface area contributed by atoms with Crippen molar-refractivity contribution < 1.29 is 9.53 Å². The van der Waals surface area contributed by atoms with Crippen molar-refractivity contribution in [2.75, 3.05) is 7.11 Å². The van der Waals surface area contributed by atoms with Gasteiger partial charge in [0, 0.05) is 5.56 Å². The normalized spacial score (nSPS) is 17.7. The molecule has 1 saturated heterocycles. The molecule has 0 radical (unpaired) electrons. The lowest BCUT2D eigenvalue weighted by Gasteiger charge is -2.17. The zero-order valence-corrected chi connectivity index (χ0v) is 19.2. The van der Waals surface area contributed by atoms with E-state index in [2.05, 4.69) is 41.4 Å². The zero-order valence-electron chi connectivity index (χ0n) is 18.4. The van der Waals surface area contributed by atoms with E-state index in [0.29, 0.717) is 11.7 Å². The summed E-state index contributed by atoms with van der Waals surface area (Å²) in [4.78, 5) is 15.0. The maximum absolute atomic E-state index is 13.2. The Morgan fingerprint density at radius 1 is 1.06 bits per heavy atom. The number of unbranched alkanes of at least 4 members (excludes halogenated alkanes) is 1. The molecule has 0 bridgehead atoms. The molecule has 0 saturated carbocycles. The molecule has 5 nitrogen and oxygen atoms in total. The fourth-order valence-corrected chi connectivity index (χ4v) is 4.96. The second-order valence-electron chi connectivity index (χ2n) is 7.68. The van der Waals surface area contributed by atoms with Gasteiger partial charge in [-0.2, -0.15) is 5.10 Å². The average molecular weight is 446 g/mol. The number of para-hydroxylation sites is 1. The molecular formula is C26H27N3O2S. The fraction of sp³-hybridized carbons (Fsp3) is 0.269. The van der Waals surface area contributed by atoms with Crippen LogP contribution in [0.1, 0.15) is 37.3 Å². The van der Waals surface area contributed by atoms with Crippen LogP contribution in [-0.4, -0.2) is 34.5 Å². The van der Waals surface area contributed by atoms with Crippen LogP contribution in [0, 0.1) is 0 Å². The highest BCUT2D eigenvalue weighted by Crippen LogP contribution is 2.33. The van der Waals surface area contributed by atoms with Crippen LogP contribution in [0.15, 0.2) is 76.9 Å². The summed E-state index contributed by atoms with van der Waals surface area (Å²) >= 11 is 1.52. The third-order valence-corrected chi connectivity index (χ3v) is 6.76. The second kappa shape index (κ2) is 10.5. The smallest absolute Gasteiger partial charge is 0.242 e. The highest BCUT2D eigenvalue weighted by atomic mass is 32.2. The van der Waals surface area contributed by atoms with Crippen molar-refractivity contribution in [2.45, 2.75) is 38.0 Å². The van der Waals surface area contributed by atoms with Gasteiger partial charge in [0.25, 0.3) is 0 Å². The lowest BCUT2D eigenvalue weighted by molar-refractivity contribution is -0.126. The lowest BCUT2D eigenvalue weighted by atomic mass is 10.0. The van der Waals surface area contributed by atoms with Crippen molar-refractivity contribution in [3.05, 3.63) is 77.9 Å². The first-order valence-electron chi connectivity index (χ1n) is 10.9. The summed E-state index contributed by atoms with van der Waals surface area (Å²) < 4.78 is 5.38. The summed E-state index contributed by atoms with van der Waals surface area (Å²) in [7, 11) is 1.63. The van der Waals surface area contributed by atoms with Gasteiger partial charge in [0.1, 0.15) is 5.75 Å². The standard InChI is InChI=1S/C26H27N3O2S/c1-3-4-16-24-25(30)29(18-21-13-9-12-19-10-5-7-14-22(19)21)26(32-24)28-27-17-20-11-6-8-15-23(20)31-2/h5-15,17,24H,3-4,16,18H2,1-2H3/b27-17-,28-26+/t24-/m0/s1. The Balaban J connectivity index is 1.63. The van der Waals surface area contributed by atoms with Gasteiger partial charge in [-0.15, -0.1) is 5.10 Å². The van der Waals surface area contributed by atoms with E-state index < -0.39 is 0 Å². The maximum Gasteiger partial charge on any atom is 0.242 e. The first-order valence-corrected chi connectivity index (χ1v) is 11.8. The molecule has 0 aliphatic carbocycles. The van der Waals surface area contributed by atoms with Gasteiger partial charge in [0.05, 0.1) is 25.1 Å². The first kappa shape index (κ1) is 22.1. The largest absolute Gasteiger partial charge is 0.496 e. The van der Waals surface area contributed by atoms with Crippen LogP contribution in [0.25, 0.3) is 10.8 Å². The molecule has 3 aromatic rings. The van der Waals surface area contributed by atoms with Crippen molar-refractivity contribution in [1.29, 1.82) is 0 Å². The van der Waals surface area contributed by atoms with Crippen LogP contribution >= 0.6 is 11.8 Å². The topological polar surface area (TPSA) is 54.3 Å². The third kappa shape index (κ3) is 4.86. The summed E-state index contributed by atoms with van der Waals surface area (Å²) in [6.07, 6.45) is 4.60. The molecule has 0 spiro atoms. The number of nitrogens with zero attached hydrogens (tertiary/aromatic N) is 3. The number of carbonyl (C=O) groups is 1. The Morgan fingerprint density at radius 3 is 2.69 bits per heavy atom. The Morgan fingerprint density at radius 2 is 1.84 bits per heavy atom. The predicted octanol–water partition coefficient (Wildman–Crippen LogP) is 5.87. The van der Waals surface area contributed by atoms with Crippen molar-refractivity contribution in [2.24, 2.45) is 10.2 Å². The predicted molar refractivity (Wildman–Crippen MR) is 133 cm³/mol. The van der Waals surface area contributed by atoms with Crippen molar-refractivity contribution in [3.8, 4) is 5.75 Å². The van der Waals surface area contributed by atoms with Gasteiger partial charge in [-0.3, -0.25) is 9.69 Å². The van der Waals surface area contributed by atoms with Gasteiger partial charge in [-0.1, -0.05) is 86.1 Å². The number of thioether (sulfide) groups is 1. The molecule has 0 N–H and O–H groups in total. The number of carbonyl (C=O) groups excluding carboxylic acids is 1. The van der Waals surface area contributed by atoms with E-state index >= 15 is 0 Å². The van der Waals surface area contributed by atoms with Crippen LogP contribution in [0.4, 0.5) is 0 Å². The van der Waals surface area contributed by atoms with E-state index in [9.17, 15) is 4.79 Å². The summed E-state index contributed by atoms with van der Waals surface area (Å²) in [5.41, 5.74) is 1.95. The number of hydrogen-bond acceptors (Lipinski definition) is 5. The molecule has 32 heavy (non-hydrogen) atoms. The summed E-state index contributed by atoms with van der Waals surface area (Å²) in [6, 6.07) is 22.1. The fourth-order valence-electron chi connectivity index (χ4n) is 3.82. The molecule has 1 atom stereocenters. The minimum absolute atomic E-state index is 0.106. The summed E-state index contributed by atoms with van der Waals surface area (Å²) in [5.74, 6) is 0.850. The number of rotatable bonds is 8. The molecule has 164 valence electrons. The van der Waals surface area contributed by atoms with E-state index in [1.807, 2.05) is 42.5 Å².